The summed E-state index contributed by atoms with van der Waals surface area (Å²) in [5.41, 5.74) is 0. The number of esters is 3. The van der Waals surface area contributed by atoms with Gasteiger partial charge in [0.2, 0.25) is 0 Å². The summed E-state index contributed by atoms with van der Waals surface area (Å²) >= 11 is 0. The lowest BCUT2D eigenvalue weighted by Gasteiger charge is -2.18. The van der Waals surface area contributed by atoms with Crippen LogP contribution in [0.1, 0.15) is 284 Å². The summed E-state index contributed by atoms with van der Waals surface area (Å²) in [4.78, 5) is 38.1. The van der Waals surface area contributed by atoms with Gasteiger partial charge in [-0.2, -0.15) is 0 Å². The molecule has 372 valence electrons. The standard InChI is InChI=1S/C58H104O6/c1-4-7-10-13-16-19-22-25-27-29-31-33-36-39-42-45-48-51-57(60)63-54-55(53-62-56(59)50-47-44-41-38-35-24-21-18-15-12-9-6-3)64-58(61)52-49-46-43-40-37-34-32-30-28-26-23-20-17-14-11-8-5-2/h16,18-19,21,25-28,55H,4-15,17,20,22-24,29-54H2,1-3H3/b19-16-,21-18-,27-25-,28-26-. The van der Waals surface area contributed by atoms with E-state index in [1.165, 1.54) is 167 Å². The van der Waals surface area contributed by atoms with Crippen molar-refractivity contribution >= 4 is 17.9 Å². The molecule has 1 unspecified atom stereocenters. The monoisotopic (exact) mass is 897 g/mol. The number of carbonyl (C=O) groups excluding carboxylic acids is 3. The molecule has 0 aromatic heterocycles. The van der Waals surface area contributed by atoms with Gasteiger partial charge < -0.3 is 14.2 Å². The van der Waals surface area contributed by atoms with Gasteiger partial charge in [-0.3, -0.25) is 14.4 Å². The van der Waals surface area contributed by atoms with Crippen LogP contribution in [0, 0.1) is 0 Å². The van der Waals surface area contributed by atoms with Crippen molar-refractivity contribution in [1.82, 2.24) is 0 Å². The molecule has 0 radical (unpaired) electrons. The van der Waals surface area contributed by atoms with E-state index in [1.807, 2.05) is 0 Å². The molecule has 0 N–H and O–H groups in total. The van der Waals surface area contributed by atoms with Crippen molar-refractivity contribution in [3.05, 3.63) is 48.6 Å². The number of hydrogen-bond acceptors (Lipinski definition) is 6. The van der Waals surface area contributed by atoms with Crippen molar-refractivity contribution < 1.29 is 28.6 Å². The summed E-state index contributed by atoms with van der Waals surface area (Å²) in [5.74, 6) is -0.892. The largest absolute Gasteiger partial charge is 0.462 e. The Morgan fingerprint density at radius 2 is 0.562 bits per heavy atom. The smallest absolute Gasteiger partial charge is 0.306 e. The summed E-state index contributed by atoms with van der Waals surface area (Å²) in [5, 5.41) is 0. The van der Waals surface area contributed by atoms with Crippen molar-refractivity contribution in [1.29, 1.82) is 0 Å². The van der Waals surface area contributed by atoms with Crippen LogP contribution in [0.5, 0.6) is 0 Å². The van der Waals surface area contributed by atoms with Crippen LogP contribution in [0.4, 0.5) is 0 Å². The number of ether oxygens (including phenoxy) is 3. The molecule has 0 aromatic rings. The molecule has 0 fully saturated rings. The molecule has 0 aliphatic heterocycles. The van der Waals surface area contributed by atoms with Crippen molar-refractivity contribution in [2.45, 2.75) is 290 Å². The number of carbonyl (C=O) groups is 3. The fourth-order valence-corrected chi connectivity index (χ4v) is 7.81. The van der Waals surface area contributed by atoms with Crippen molar-refractivity contribution in [2.24, 2.45) is 0 Å². The average Bonchev–Trinajstić information content (AvgIpc) is 3.29. The van der Waals surface area contributed by atoms with Crippen molar-refractivity contribution in [3.8, 4) is 0 Å². The quantitative estimate of drug-likeness (QED) is 0.0262. The Bertz CT molecular complexity index is 1120. The number of unbranched alkanes of at least 4 members (excludes halogenated alkanes) is 31. The van der Waals surface area contributed by atoms with Gasteiger partial charge in [-0.15, -0.1) is 0 Å². The molecule has 0 aliphatic rings. The molecule has 0 saturated carbocycles. The van der Waals surface area contributed by atoms with Gasteiger partial charge in [0.15, 0.2) is 6.10 Å². The van der Waals surface area contributed by atoms with E-state index >= 15 is 0 Å². The Balaban J connectivity index is 4.37. The van der Waals surface area contributed by atoms with E-state index in [9.17, 15) is 14.4 Å². The Labute approximate surface area is 397 Å². The van der Waals surface area contributed by atoms with E-state index in [-0.39, 0.29) is 31.1 Å². The molecule has 0 heterocycles. The van der Waals surface area contributed by atoms with Crippen LogP contribution in [0.25, 0.3) is 0 Å². The normalized spacial score (nSPS) is 12.4. The minimum atomic E-state index is -0.780. The molecule has 0 aliphatic carbocycles. The molecule has 1 atom stereocenters. The molecule has 0 aromatic carbocycles. The Morgan fingerprint density at radius 3 is 0.906 bits per heavy atom. The minimum Gasteiger partial charge on any atom is -0.462 e. The molecule has 0 saturated heterocycles. The molecule has 0 amide bonds. The SMILES string of the molecule is CCCCC/C=C\C/C=C\CCCCCCCCCC(=O)OCC(COC(=O)CCCCCCC/C=C\CCCCC)OC(=O)CCCCCCCCC/C=C\CCCCCCCC. The van der Waals surface area contributed by atoms with Crippen LogP contribution in [-0.2, 0) is 28.6 Å². The fraction of sp³-hybridized carbons (Fsp3) is 0.810. The maximum atomic E-state index is 12.8. The van der Waals surface area contributed by atoms with Gasteiger partial charge in [0.05, 0.1) is 0 Å². The van der Waals surface area contributed by atoms with E-state index in [4.69, 9.17) is 14.2 Å². The summed E-state index contributed by atoms with van der Waals surface area (Å²) in [7, 11) is 0. The lowest BCUT2D eigenvalue weighted by Crippen LogP contribution is -2.30. The van der Waals surface area contributed by atoms with E-state index in [1.54, 1.807) is 0 Å². The van der Waals surface area contributed by atoms with Gasteiger partial charge in [0.1, 0.15) is 13.2 Å². The fourth-order valence-electron chi connectivity index (χ4n) is 7.81. The van der Waals surface area contributed by atoms with Crippen LogP contribution in [0.15, 0.2) is 48.6 Å². The summed E-state index contributed by atoms with van der Waals surface area (Å²) in [6.45, 7) is 6.59. The van der Waals surface area contributed by atoms with E-state index in [0.717, 1.165) is 77.0 Å². The van der Waals surface area contributed by atoms with Gasteiger partial charge in [-0.1, -0.05) is 211 Å². The highest BCUT2D eigenvalue weighted by molar-refractivity contribution is 5.71. The summed E-state index contributed by atoms with van der Waals surface area (Å²) in [6.07, 6.45) is 63.8. The van der Waals surface area contributed by atoms with Gasteiger partial charge >= 0.3 is 17.9 Å². The molecule has 64 heavy (non-hydrogen) atoms. The zero-order chi connectivity index (χ0) is 46.5. The topological polar surface area (TPSA) is 78.9 Å². The zero-order valence-electron chi connectivity index (χ0n) is 42.6. The van der Waals surface area contributed by atoms with E-state index < -0.39 is 6.10 Å². The number of rotatable bonds is 50. The molecular formula is C58H104O6. The van der Waals surface area contributed by atoms with Crippen LogP contribution < -0.4 is 0 Å². The van der Waals surface area contributed by atoms with E-state index in [0.29, 0.717) is 19.3 Å². The highest BCUT2D eigenvalue weighted by Crippen LogP contribution is 2.15. The third-order valence-electron chi connectivity index (χ3n) is 12.0. The lowest BCUT2D eigenvalue weighted by molar-refractivity contribution is -0.167. The third kappa shape index (κ3) is 50.4. The highest BCUT2D eigenvalue weighted by atomic mass is 16.6. The molecule has 6 nitrogen and oxygen atoms in total. The number of allylic oxidation sites excluding steroid dienone is 8. The summed E-state index contributed by atoms with van der Waals surface area (Å²) < 4.78 is 16.8. The second-order valence-corrected chi connectivity index (χ2v) is 18.5. The van der Waals surface area contributed by atoms with Gasteiger partial charge in [-0.05, 0) is 103 Å². The predicted molar refractivity (Wildman–Crippen MR) is 275 cm³/mol. The van der Waals surface area contributed by atoms with Gasteiger partial charge in [-0.25, -0.2) is 0 Å². The average molecular weight is 897 g/mol. The molecule has 0 bridgehead atoms. The van der Waals surface area contributed by atoms with E-state index in [2.05, 4.69) is 69.4 Å². The van der Waals surface area contributed by atoms with Crippen LogP contribution >= 0.6 is 0 Å². The third-order valence-corrected chi connectivity index (χ3v) is 12.0. The first-order valence-corrected chi connectivity index (χ1v) is 27.6. The highest BCUT2D eigenvalue weighted by Gasteiger charge is 2.19. The Morgan fingerprint density at radius 1 is 0.312 bits per heavy atom. The molecular weight excluding hydrogens is 793 g/mol. The van der Waals surface area contributed by atoms with Crippen LogP contribution in [0.2, 0.25) is 0 Å². The van der Waals surface area contributed by atoms with Crippen LogP contribution in [-0.4, -0.2) is 37.2 Å². The maximum absolute atomic E-state index is 12.8. The first kappa shape index (κ1) is 61.4. The van der Waals surface area contributed by atoms with Crippen LogP contribution in [0.3, 0.4) is 0 Å². The number of hydrogen-bond donors (Lipinski definition) is 0. The Kier molecular flexibility index (Phi) is 50.8. The lowest BCUT2D eigenvalue weighted by atomic mass is 10.1. The molecule has 6 heteroatoms. The predicted octanol–water partition coefficient (Wildman–Crippen LogP) is 18.3. The second-order valence-electron chi connectivity index (χ2n) is 18.5. The summed E-state index contributed by atoms with van der Waals surface area (Å²) in [6, 6.07) is 0. The maximum Gasteiger partial charge on any atom is 0.306 e. The van der Waals surface area contributed by atoms with Gasteiger partial charge in [0.25, 0.3) is 0 Å². The zero-order valence-corrected chi connectivity index (χ0v) is 42.6. The second kappa shape index (κ2) is 53.0. The first-order valence-electron chi connectivity index (χ1n) is 27.6. The minimum absolute atomic E-state index is 0.0805. The van der Waals surface area contributed by atoms with Crippen molar-refractivity contribution in [2.75, 3.05) is 13.2 Å². The molecule has 0 rings (SSSR count). The van der Waals surface area contributed by atoms with Crippen molar-refractivity contribution in [3.63, 3.8) is 0 Å². The molecule has 0 spiro atoms. The Hall–Kier alpha value is -2.63. The van der Waals surface area contributed by atoms with Gasteiger partial charge in [0, 0.05) is 19.3 Å². The first-order chi connectivity index (χ1) is 31.5.